The largest absolute Gasteiger partial charge is 0.494 e. The molecule has 8 nitrogen and oxygen atoms in total. The number of hydrogen-bond acceptors (Lipinski definition) is 7. The third-order valence-corrected chi connectivity index (χ3v) is 8.12. The summed E-state index contributed by atoms with van der Waals surface area (Å²) >= 11 is 0. The van der Waals surface area contributed by atoms with E-state index < -0.39 is 15.7 Å². The number of carbonyl (C=O) groups is 1. The van der Waals surface area contributed by atoms with E-state index in [4.69, 9.17) is 19.1 Å². The predicted molar refractivity (Wildman–Crippen MR) is 149 cm³/mol. The van der Waals surface area contributed by atoms with Crippen molar-refractivity contribution in [2.24, 2.45) is 0 Å². The summed E-state index contributed by atoms with van der Waals surface area (Å²) in [6.07, 6.45) is 4.43. The lowest BCUT2D eigenvalue weighted by Gasteiger charge is -2.09. The van der Waals surface area contributed by atoms with Crippen molar-refractivity contribution in [3.05, 3.63) is 84.6 Å². The quantitative estimate of drug-likeness (QED) is 0.113. The number of rotatable bonds is 15. The Hall–Kier alpha value is -3.66. The van der Waals surface area contributed by atoms with Crippen molar-refractivity contribution >= 4 is 26.7 Å². The number of ether oxygens (including phenoxy) is 2. The summed E-state index contributed by atoms with van der Waals surface area (Å²) in [5.41, 5.74) is 5.84. The van der Waals surface area contributed by atoms with E-state index in [1.165, 1.54) is 5.56 Å². The maximum Gasteiger partial charge on any atom is 0.243 e. The van der Waals surface area contributed by atoms with Crippen molar-refractivity contribution in [1.82, 2.24) is 5.48 Å². The molecule has 0 unspecified atom stereocenters. The Morgan fingerprint density at radius 1 is 0.897 bits per heavy atom. The van der Waals surface area contributed by atoms with Gasteiger partial charge in [0.1, 0.15) is 11.3 Å². The van der Waals surface area contributed by atoms with Crippen molar-refractivity contribution in [3.63, 3.8) is 0 Å². The van der Waals surface area contributed by atoms with Gasteiger partial charge in [-0.1, -0.05) is 42.5 Å². The highest BCUT2D eigenvalue weighted by molar-refractivity contribution is 7.91. The van der Waals surface area contributed by atoms with Gasteiger partial charge in [0.25, 0.3) is 0 Å². The average molecular weight is 552 g/mol. The molecule has 0 aliphatic rings. The van der Waals surface area contributed by atoms with E-state index in [2.05, 4.69) is 30.3 Å². The molecule has 1 aromatic heterocycles. The Labute approximate surface area is 228 Å². The molecule has 1 heterocycles. The molecule has 39 heavy (non-hydrogen) atoms. The lowest BCUT2D eigenvalue weighted by Crippen LogP contribution is -2.18. The number of hydrogen-bond donors (Lipinski definition) is 2. The normalized spacial score (nSPS) is 11.5. The molecule has 0 fully saturated rings. The van der Waals surface area contributed by atoms with Crippen molar-refractivity contribution in [2.45, 2.75) is 37.0 Å². The van der Waals surface area contributed by atoms with E-state index in [0.29, 0.717) is 31.8 Å². The van der Waals surface area contributed by atoms with Crippen LogP contribution in [0.3, 0.4) is 0 Å². The molecule has 4 rings (SSSR count). The van der Waals surface area contributed by atoms with Crippen LogP contribution in [-0.2, 0) is 25.8 Å². The van der Waals surface area contributed by atoms with Gasteiger partial charge in [-0.25, -0.2) is 13.9 Å². The van der Waals surface area contributed by atoms with Crippen LogP contribution in [0, 0.1) is 0 Å². The summed E-state index contributed by atoms with van der Waals surface area (Å²) < 4.78 is 42.0. The molecular formula is C30H33NO7S. The van der Waals surface area contributed by atoms with Gasteiger partial charge >= 0.3 is 0 Å². The summed E-state index contributed by atoms with van der Waals surface area (Å²) in [6.45, 7) is 1.12. The van der Waals surface area contributed by atoms with Gasteiger partial charge in [-0.05, 0) is 67.1 Å². The first-order chi connectivity index (χ1) is 19.0. The number of carbonyl (C=O) groups excluding carboxylic acids is 1. The van der Waals surface area contributed by atoms with Gasteiger partial charge in [0.05, 0.1) is 23.5 Å². The number of amides is 1. The van der Waals surface area contributed by atoms with E-state index in [1.54, 1.807) is 36.0 Å². The average Bonchev–Trinajstić information content (AvgIpc) is 3.39. The lowest BCUT2D eigenvalue weighted by molar-refractivity contribution is -0.129. The summed E-state index contributed by atoms with van der Waals surface area (Å²) in [5.74, 6) is 0.124. The van der Waals surface area contributed by atoms with Crippen LogP contribution in [0.1, 0.15) is 31.2 Å². The first-order valence-corrected chi connectivity index (χ1v) is 14.6. The summed E-state index contributed by atoms with van der Waals surface area (Å²) in [4.78, 5) is 11.2. The number of nitrogens with one attached hydrogen (secondary N) is 1. The SMILES string of the molecule is O=C(CCCOCCCS(=O)(=O)c1ccc(OCCCc2cccc(-c3coc4ccccc34)c2)cc1)NO. The zero-order valence-electron chi connectivity index (χ0n) is 21.7. The maximum atomic E-state index is 12.6. The summed E-state index contributed by atoms with van der Waals surface area (Å²) in [7, 11) is -3.42. The molecule has 3 aromatic carbocycles. The molecule has 2 N–H and O–H groups in total. The van der Waals surface area contributed by atoms with Gasteiger partial charge in [0.2, 0.25) is 5.91 Å². The van der Waals surface area contributed by atoms with Crippen molar-refractivity contribution in [3.8, 4) is 16.9 Å². The Bertz CT molecular complexity index is 1460. The molecule has 0 saturated carbocycles. The molecular weight excluding hydrogens is 518 g/mol. The smallest absolute Gasteiger partial charge is 0.243 e. The molecule has 0 spiro atoms. The van der Waals surface area contributed by atoms with E-state index in [-0.39, 0.29) is 23.7 Å². The number of para-hydroxylation sites is 1. The topological polar surface area (TPSA) is 115 Å². The highest BCUT2D eigenvalue weighted by Gasteiger charge is 2.14. The number of aryl methyl sites for hydroxylation is 1. The fourth-order valence-corrected chi connectivity index (χ4v) is 5.55. The van der Waals surface area contributed by atoms with Crippen molar-refractivity contribution in [1.29, 1.82) is 0 Å². The monoisotopic (exact) mass is 551 g/mol. The second-order valence-corrected chi connectivity index (χ2v) is 11.3. The fourth-order valence-electron chi connectivity index (χ4n) is 4.27. The molecule has 4 aromatic rings. The fraction of sp³-hybridized carbons (Fsp3) is 0.300. The third kappa shape index (κ3) is 8.16. The van der Waals surface area contributed by atoms with Gasteiger partial charge < -0.3 is 13.9 Å². The highest BCUT2D eigenvalue weighted by atomic mass is 32.2. The Balaban J connectivity index is 1.19. The van der Waals surface area contributed by atoms with Crippen LogP contribution >= 0.6 is 0 Å². The first kappa shape index (κ1) is 28.4. The number of fused-ring (bicyclic) bond motifs is 1. The van der Waals surface area contributed by atoms with E-state index >= 15 is 0 Å². The summed E-state index contributed by atoms with van der Waals surface area (Å²) in [6, 6.07) is 22.9. The van der Waals surface area contributed by atoms with Crippen LogP contribution in [0.5, 0.6) is 5.75 Å². The van der Waals surface area contributed by atoms with E-state index in [9.17, 15) is 13.2 Å². The van der Waals surface area contributed by atoms with Crippen LogP contribution in [0.25, 0.3) is 22.1 Å². The highest BCUT2D eigenvalue weighted by Crippen LogP contribution is 2.31. The van der Waals surface area contributed by atoms with Crippen LogP contribution in [0.15, 0.2) is 88.4 Å². The van der Waals surface area contributed by atoms with Crippen LogP contribution in [0.4, 0.5) is 0 Å². The maximum absolute atomic E-state index is 12.6. The molecule has 0 bridgehead atoms. The first-order valence-electron chi connectivity index (χ1n) is 13.0. The minimum atomic E-state index is -3.42. The number of hydroxylamine groups is 1. The van der Waals surface area contributed by atoms with Gasteiger partial charge in [-0.3, -0.25) is 10.0 Å². The molecule has 0 atom stereocenters. The zero-order valence-corrected chi connectivity index (χ0v) is 22.5. The standard InChI is InChI=1S/C30H33NO7S/c32-30(31-33)12-5-17-36-18-6-20-39(34,35)26-15-13-25(14-16-26)37-19-4-8-23-7-3-9-24(21-23)28-22-38-29-11-2-1-10-27(28)29/h1-3,7,9-11,13-16,21-22,33H,4-6,8,12,17-20H2,(H,31,32). The van der Waals surface area contributed by atoms with Crippen molar-refractivity contribution < 1.29 is 32.3 Å². The second kappa shape index (κ2) is 13.9. The van der Waals surface area contributed by atoms with Crippen molar-refractivity contribution in [2.75, 3.05) is 25.6 Å². The second-order valence-electron chi connectivity index (χ2n) is 9.19. The molecule has 0 radical (unpaired) electrons. The number of furan rings is 1. The minimum Gasteiger partial charge on any atom is -0.494 e. The molecule has 0 aliphatic carbocycles. The summed E-state index contributed by atoms with van der Waals surface area (Å²) in [5, 5.41) is 9.53. The van der Waals surface area contributed by atoms with Gasteiger partial charge in [0, 0.05) is 30.6 Å². The van der Waals surface area contributed by atoms with E-state index in [0.717, 1.165) is 34.9 Å². The molecule has 0 saturated heterocycles. The van der Waals surface area contributed by atoms with Gasteiger partial charge in [-0.15, -0.1) is 0 Å². The Morgan fingerprint density at radius 3 is 2.51 bits per heavy atom. The van der Waals surface area contributed by atoms with Gasteiger partial charge in [0.15, 0.2) is 9.84 Å². The Kier molecular flexibility index (Phi) is 10.1. The molecule has 1 amide bonds. The lowest BCUT2D eigenvalue weighted by atomic mass is 10.0. The third-order valence-electron chi connectivity index (χ3n) is 6.30. The minimum absolute atomic E-state index is 0.0298. The molecule has 0 aliphatic heterocycles. The zero-order chi connectivity index (χ0) is 27.5. The van der Waals surface area contributed by atoms with Crippen LogP contribution in [-0.4, -0.2) is 45.1 Å². The van der Waals surface area contributed by atoms with E-state index in [1.807, 2.05) is 18.2 Å². The number of sulfone groups is 1. The molecule has 9 heteroatoms. The van der Waals surface area contributed by atoms with Crippen LogP contribution < -0.4 is 10.2 Å². The predicted octanol–water partition coefficient (Wildman–Crippen LogP) is 5.58. The number of benzene rings is 3. The Morgan fingerprint density at radius 2 is 1.69 bits per heavy atom. The van der Waals surface area contributed by atoms with Crippen LogP contribution in [0.2, 0.25) is 0 Å². The molecule has 206 valence electrons. The van der Waals surface area contributed by atoms with Gasteiger partial charge in [-0.2, -0.15) is 0 Å².